The first kappa shape index (κ1) is 13.4. The zero-order valence-electron chi connectivity index (χ0n) is 12.8. The largest absolute Gasteiger partial charge is 0.294 e. The highest BCUT2D eigenvalue weighted by Gasteiger charge is 2.54. The molecule has 0 bridgehead atoms. The van der Waals surface area contributed by atoms with Crippen molar-refractivity contribution in [3.63, 3.8) is 0 Å². The predicted molar refractivity (Wildman–Crippen MR) is 75.2 cm³/mol. The molecule has 2 aliphatic rings. The van der Waals surface area contributed by atoms with Gasteiger partial charge in [0.15, 0.2) is 0 Å². The maximum atomic E-state index is 2.80. The van der Waals surface area contributed by atoms with E-state index in [2.05, 4.69) is 46.4 Å². The van der Waals surface area contributed by atoms with Crippen molar-refractivity contribution in [2.45, 2.75) is 85.2 Å². The molecule has 1 heteroatoms. The van der Waals surface area contributed by atoms with Crippen molar-refractivity contribution < 1.29 is 0 Å². The van der Waals surface area contributed by atoms with Gasteiger partial charge in [-0.25, -0.2) is 0 Å². The Balaban J connectivity index is 2.33. The van der Waals surface area contributed by atoms with Crippen LogP contribution in [0.5, 0.6) is 0 Å². The monoisotopic (exact) mass is 237 g/mol. The highest BCUT2D eigenvalue weighted by molar-refractivity contribution is 5.08. The van der Waals surface area contributed by atoms with Crippen molar-refractivity contribution in [1.29, 1.82) is 0 Å². The molecule has 1 saturated heterocycles. The van der Waals surface area contributed by atoms with Gasteiger partial charge in [0.1, 0.15) is 0 Å². The van der Waals surface area contributed by atoms with Gasteiger partial charge in [-0.3, -0.25) is 4.90 Å². The molecular formula is C16H31N. The van der Waals surface area contributed by atoms with Crippen molar-refractivity contribution in [2.75, 3.05) is 6.54 Å². The Hall–Kier alpha value is -0.0400. The summed E-state index contributed by atoms with van der Waals surface area (Å²) >= 11 is 0. The molecule has 100 valence electrons. The fourth-order valence-electron chi connectivity index (χ4n) is 4.65. The van der Waals surface area contributed by atoms with Crippen molar-refractivity contribution in [3.8, 4) is 0 Å². The lowest BCUT2D eigenvalue weighted by Crippen LogP contribution is -2.54. The van der Waals surface area contributed by atoms with Crippen LogP contribution in [0.1, 0.15) is 73.6 Å². The van der Waals surface area contributed by atoms with Crippen LogP contribution in [0, 0.1) is 10.8 Å². The van der Waals surface area contributed by atoms with Crippen molar-refractivity contribution in [2.24, 2.45) is 10.8 Å². The first-order chi connectivity index (χ1) is 7.67. The molecule has 1 unspecified atom stereocenters. The molecule has 17 heavy (non-hydrogen) atoms. The second-order valence-corrected chi connectivity index (χ2v) is 8.45. The molecule has 0 aromatic rings. The molecule has 0 N–H and O–H groups in total. The molecule has 1 spiro atoms. The van der Waals surface area contributed by atoms with Gasteiger partial charge in [-0.15, -0.1) is 0 Å². The topological polar surface area (TPSA) is 3.24 Å². The fourth-order valence-corrected chi connectivity index (χ4v) is 4.65. The lowest BCUT2D eigenvalue weighted by atomic mass is 9.67. The Morgan fingerprint density at radius 1 is 0.882 bits per heavy atom. The van der Waals surface area contributed by atoms with E-state index in [0.29, 0.717) is 16.4 Å². The molecule has 1 aliphatic heterocycles. The first-order valence-corrected chi connectivity index (χ1v) is 7.44. The summed E-state index contributed by atoms with van der Waals surface area (Å²) in [5.74, 6) is 0. The molecule has 0 amide bonds. The summed E-state index contributed by atoms with van der Waals surface area (Å²) < 4.78 is 0. The van der Waals surface area contributed by atoms with Crippen LogP contribution in [0.15, 0.2) is 0 Å². The van der Waals surface area contributed by atoms with Gasteiger partial charge in [0, 0.05) is 11.6 Å². The zero-order chi connectivity index (χ0) is 12.9. The van der Waals surface area contributed by atoms with E-state index in [9.17, 15) is 0 Å². The van der Waals surface area contributed by atoms with Crippen molar-refractivity contribution in [1.82, 2.24) is 4.90 Å². The lowest BCUT2D eigenvalue weighted by Gasteiger charge is -2.49. The lowest BCUT2D eigenvalue weighted by molar-refractivity contribution is 0.00514. The van der Waals surface area contributed by atoms with Gasteiger partial charge < -0.3 is 0 Å². The predicted octanol–water partition coefficient (Wildman–Crippen LogP) is 4.47. The van der Waals surface area contributed by atoms with Crippen LogP contribution in [-0.4, -0.2) is 23.0 Å². The van der Waals surface area contributed by atoms with Gasteiger partial charge in [0.2, 0.25) is 0 Å². The van der Waals surface area contributed by atoms with Gasteiger partial charge in [-0.05, 0) is 57.4 Å². The minimum Gasteiger partial charge on any atom is -0.294 e. The number of hydrogen-bond donors (Lipinski definition) is 0. The summed E-state index contributed by atoms with van der Waals surface area (Å²) in [5.41, 5.74) is 1.38. The molecular weight excluding hydrogens is 206 g/mol. The number of hydrogen-bond acceptors (Lipinski definition) is 1. The van der Waals surface area contributed by atoms with Crippen LogP contribution in [0.25, 0.3) is 0 Å². The molecule has 0 radical (unpaired) electrons. The van der Waals surface area contributed by atoms with Crippen LogP contribution in [0.3, 0.4) is 0 Å². The van der Waals surface area contributed by atoms with E-state index in [0.717, 1.165) is 6.04 Å². The van der Waals surface area contributed by atoms with Gasteiger partial charge >= 0.3 is 0 Å². The van der Waals surface area contributed by atoms with E-state index in [-0.39, 0.29) is 0 Å². The van der Waals surface area contributed by atoms with E-state index in [1.54, 1.807) is 0 Å². The van der Waals surface area contributed by atoms with Gasteiger partial charge in [0.05, 0.1) is 0 Å². The second-order valence-electron chi connectivity index (χ2n) is 8.45. The molecule has 2 fully saturated rings. The maximum Gasteiger partial charge on any atom is 0.0206 e. The van der Waals surface area contributed by atoms with Crippen LogP contribution < -0.4 is 0 Å². The molecule has 0 aromatic carbocycles. The minimum atomic E-state index is 0.323. The van der Waals surface area contributed by atoms with Crippen LogP contribution in [0.4, 0.5) is 0 Å². The Kier molecular flexibility index (Phi) is 3.14. The van der Waals surface area contributed by atoms with Crippen LogP contribution in [-0.2, 0) is 0 Å². The molecule has 1 saturated carbocycles. The third-order valence-corrected chi connectivity index (χ3v) is 5.02. The normalized spacial score (nSPS) is 30.4. The number of nitrogens with zero attached hydrogens (tertiary/aromatic N) is 1. The highest BCUT2D eigenvalue weighted by atomic mass is 15.3. The molecule has 1 atom stereocenters. The molecule has 1 heterocycles. The molecule has 1 aliphatic carbocycles. The Morgan fingerprint density at radius 2 is 1.41 bits per heavy atom. The van der Waals surface area contributed by atoms with Gasteiger partial charge in [0.25, 0.3) is 0 Å². The zero-order valence-corrected chi connectivity index (χ0v) is 12.8. The smallest absolute Gasteiger partial charge is 0.0206 e. The van der Waals surface area contributed by atoms with E-state index < -0.39 is 0 Å². The minimum absolute atomic E-state index is 0.323. The number of rotatable bonds is 0. The van der Waals surface area contributed by atoms with Gasteiger partial charge in [-0.1, -0.05) is 33.6 Å². The van der Waals surface area contributed by atoms with Crippen LogP contribution >= 0.6 is 0 Å². The van der Waals surface area contributed by atoms with Crippen molar-refractivity contribution >= 4 is 0 Å². The maximum absolute atomic E-state index is 2.80. The highest BCUT2D eigenvalue weighted by Crippen LogP contribution is 2.56. The molecule has 2 rings (SSSR count). The SMILES string of the molecule is CC(C)(C)C1N(C(C)(C)C)CCC12CCCC2. The molecule has 1 nitrogen and oxygen atoms in total. The van der Waals surface area contributed by atoms with Crippen molar-refractivity contribution in [3.05, 3.63) is 0 Å². The Bertz CT molecular complexity index is 273. The average molecular weight is 237 g/mol. The Morgan fingerprint density at radius 3 is 1.82 bits per heavy atom. The second kappa shape index (κ2) is 3.98. The summed E-state index contributed by atoms with van der Waals surface area (Å²) in [7, 11) is 0. The van der Waals surface area contributed by atoms with E-state index >= 15 is 0 Å². The number of likely N-dealkylation sites (tertiary alicyclic amines) is 1. The van der Waals surface area contributed by atoms with E-state index in [1.165, 1.54) is 38.6 Å². The first-order valence-electron chi connectivity index (χ1n) is 7.44. The fraction of sp³-hybridized carbons (Fsp3) is 1.00. The standard InChI is InChI=1S/C16H31N/c1-14(2,3)13-16(9-7-8-10-16)11-12-17(13)15(4,5)6/h13H,7-12H2,1-6H3. The summed E-state index contributed by atoms with van der Waals surface area (Å²) in [6.45, 7) is 15.8. The van der Waals surface area contributed by atoms with Gasteiger partial charge in [-0.2, -0.15) is 0 Å². The third-order valence-electron chi connectivity index (χ3n) is 5.02. The van der Waals surface area contributed by atoms with E-state index in [4.69, 9.17) is 0 Å². The summed E-state index contributed by atoms with van der Waals surface area (Å²) in [6, 6.07) is 0.775. The van der Waals surface area contributed by atoms with Crippen LogP contribution in [0.2, 0.25) is 0 Å². The summed E-state index contributed by atoms with van der Waals surface area (Å²) in [4.78, 5) is 2.80. The average Bonchev–Trinajstić information content (AvgIpc) is 2.71. The summed E-state index contributed by atoms with van der Waals surface area (Å²) in [6.07, 6.45) is 7.31. The Labute approximate surface area is 108 Å². The quantitative estimate of drug-likeness (QED) is 0.601. The molecule has 0 aromatic heterocycles. The third kappa shape index (κ3) is 2.28. The summed E-state index contributed by atoms with van der Waals surface area (Å²) in [5, 5.41) is 0. The van der Waals surface area contributed by atoms with E-state index in [1.807, 2.05) is 0 Å².